The molecule has 1 aliphatic rings. The van der Waals surface area contributed by atoms with Gasteiger partial charge in [-0.3, -0.25) is 4.79 Å². The first-order valence-corrected chi connectivity index (χ1v) is 7.86. The molecular weight excluding hydrogens is 294 g/mol. The van der Waals surface area contributed by atoms with Crippen LogP contribution in [0.5, 0.6) is 0 Å². The van der Waals surface area contributed by atoms with Crippen LogP contribution in [-0.4, -0.2) is 35.2 Å². The number of carbonyl (C=O) groups is 2. The Morgan fingerprint density at radius 3 is 2.78 bits per heavy atom. The number of carbonyl (C=O) groups excluding carboxylic acids is 2. The van der Waals surface area contributed by atoms with Crippen LogP contribution in [0.2, 0.25) is 0 Å². The number of hydrogen-bond donors (Lipinski definition) is 1. The van der Waals surface area contributed by atoms with E-state index in [1.807, 2.05) is 37.3 Å². The van der Waals surface area contributed by atoms with Gasteiger partial charge in [0.25, 0.3) is 0 Å². The molecule has 2 unspecified atom stereocenters. The van der Waals surface area contributed by atoms with E-state index in [1.165, 1.54) is 4.90 Å². The van der Waals surface area contributed by atoms with Gasteiger partial charge in [-0.2, -0.15) is 0 Å². The Labute approximate surface area is 136 Å². The van der Waals surface area contributed by atoms with Gasteiger partial charge in [-0.1, -0.05) is 43.3 Å². The smallest absolute Gasteiger partial charge is 0.417 e. The summed E-state index contributed by atoms with van der Waals surface area (Å²) in [7, 11) is 0. The minimum Gasteiger partial charge on any atom is -0.446 e. The number of cyclic esters (lactones) is 1. The van der Waals surface area contributed by atoms with Gasteiger partial charge in [-0.15, -0.1) is 6.58 Å². The third-order valence-corrected chi connectivity index (χ3v) is 4.28. The van der Waals surface area contributed by atoms with E-state index in [0.717, 1.165) is 5.56 Å². The molecular formula is C18H23NO4. The average molecular weight is 317 g/mol. The molecule has 2 amide bonds. The van der Waals surface area contributed by atoms with Crippen LogP contribution in [0.15, 0.2) is 43.0 Å². The molecule has 1 saturated heterocycles. The van der Waals surface area contributed by atoms with Crippen LogP contribution < -0.4 is 0 Å². The molecule has 0 aromatic heterocycles. The summed E-state index contributed by atoms with van der Waals surface area (Å²) in [5.74, 6) is -0.725. The van der Waals surface area contributed by atoms with Crippen molar-refractivity contribution in [1.29, 1.82) is 0 Å². The second kappa shape index (κ2) is 7.92. The number of hydrogen-bond acceptors (Lipinski definition) is 4. The molecule has 0 bridgehead atoms. The average Bonchev–Trinajstić information content (AvgIpc) is 2.94. The van der Waals surface area contributed by atoms with E-state index in [-0.39, 0.29) is 25.0 Å². The molecule has 1 fully saturated rings. The quantitative estimate of drug-likeness (QED) is 0.785. The fourth-order valence-electron chi connectivity index (χ4n) is 2.98. The minimum absolute atomic E-state index is 0.00280. The fourth-order valence-corrected chi connectivity index (χ4v) is 2.98. The van der Waals surface area contributed by atoms with E-state index < -0.39 is 18.1 Å². The summed E-state index contributed by atoms with van der Waals surface area (Å²) in [5, 5.41) is 9.28. The van der Waals surface area contributed by atoms with Crippen molar-refractivity contribution in [3.05, 3.63) is 48.6 Å². The van der Waals surface area contributed by atoms with E-state index >= 15 is 0 Å². The molecule has 1 aromatic carbocycles. The van der Waals surface area contributed by atoms with Gasteiger partial charge in [0.1, 0.15) is 12.6 Å². The highest BCUT2D eigenvalue weighted by atomic mass is 16.6. The van der Waals surface area contributed by atoms with Crippen LogP contribution in [0, 0.1) is 11.8 Å². The summed E-state index contributed by atoms with van der Waals surface area (Å²) in [6, 6.07) is 8.96. The second-order valence-electron chi connectivity index (χ2n) is 5.83. The summed E-state index contributed by atoms with van der Waals surface area (Å²) < 4.78 is 5.11. The Morgan fingerprint density at radius 1 is 1.48 bits per heavy atom. The summed E-state index contributed by atoms with van der Waals surface area (Å²) in [6.07, 6.45) is 2.10. The van der Waals surface area contributed by atoms with Gasteiger partial charge in [-0.25, -0.2) is 9.69 Å². The Hall–Kier alpha value is -2.14. The standard InChI is InChI=1S/C18H23NO4/c1-3-7-13(2)15(10-11-20)17(21)19-16(12-23-18(19)22)14-8-5-4-6-9-14/h3-6,8-9,13,15-16,20H,1,7,10-12H2,2H3/t13?,15?,16-/m0/s1. The zero-order valence-electron chi connectivity index (χ0n) is 13.4. The first-order chi connectivity index (χ1) is 11.1. The van der Waals surface area contributed by atoms with Crippen LogP contribution >= 0.6 is 0 Å². The zero-order valence-corrected chi connectivity index (χ0v) is 13.4. The Morgan fingerprint density at radius 2 is 2.17 bits per heavy atom. The number of nitrogens with zero attached hydrogens (tertiary/aromatic N) is 1. The monoisotopic (exact) mass is 317 g/mol. The van der Waals surface area contributed by atoms with Crippen molar-refractivity contribution in [3.8, 4) is 0 Å². The zero-order chi connectivity index (χ0) is 16.8. The molecule has 5 heteroatoms. The first kappa shape index (κ1) is 17.2. The molecule has 0 spiro atoms. The molecule has 2 rings (SSSR count). The molecule has 3 atom stereocenters. The van der Waals surface area contributed by atoms with Crippen molar-refractivity contribution < 1.29 is 19.4 Å². The van der Waals surface area contributed by atoms with E-state index in [2.05, 4.69) is 6.58 Å². The number of aliphatic hydroxyl groups excluding tert-OH is 1. The number of rotatable bonds is 7. The van der Waals surface area contributed by atoms with Gasteiger partial charge >= 0.3 is 6.09 Å². The molecule has 1 heterocycles. The molecule has 0 saturated carbocycles. The van der Waals surface area contributed by atoms with Crippen molar-refractivity contribution in [2.75, 3.05) is 13.2 Å². The number of imide groups is 1. The Bertz CT molecular complexity index is 557. The molecule has 1 aliphatic heterocycles. The molecule has 5 nitrogen and oxygen atoms in total. The van der Waals surface area contributed by atoms with Crippen LogP contribution in [0.3, 0.4) is 0 Å². The van der Waals surface area contributed by atoms with E-state index in [9.17, 15) is 14.7 Å². The number of ether oxygens (including phenoxy) is 1. The van der Waals surface area contributed by atoms with E-state index in [4.69, 9.17) is 4.74 Å². The highest BCUT2D eigenvalue weighted by molar-refractivity contribution is 5.95. The SMILES string of the molecule is C=CCC(C)C(CCO)C(=O)N1C(=O)OC[C@H]1c1ccccc1. The number of aliphatic hydroxyl groups is 1. The molecule has 1 N–H and O–H groups in total. The van der Waals surface area contributed by atoms with Gasteiger partial charge < -0.3 is 9.84 Å². The third kappa shape index (κ3) is 3.79. The van der Waals surface area contributed by atoms with Gasteiger partial charge in [-0.05, 0) is 24.3 Å². The van der Waals surface area contributed by atoms with E-state index in [1.54, 1.807) is 6.08 Å². The van der Waals surface area contributed by atoms with Crippen molar-refractivity contribution in [2.24, 2.45) is 11.8 Å². The second-order valence-corrected chi connectivity index (χ2v) is 5.83. The lowest BCUT2D eigenvalue weighted by Gasteiger charge is -2.28. The van der Waals surface area contributed by atoms with Gasteiger partial charge in [0.2, 0.25) is 5.91 Å². The molecule has 1 aromatic rings. The van der Waals surface area contributed by atoms with Crippen LogP contribution in [0.4, 0.5) is 4.79 Å². The fraction of sp³-hybridized carbons (Fsp3) is 0.444. The molecule has 124 valence electrons. The maximum absolute atomic E-state index is 12.9. The van der Waals surface area contributed by atoms with Crippen LogP contribution in [0.25, 0.3) is 0 Å². The maximum Gasteiger partial charge on any atom is 0.417 e. The van der Waals surface area contributed by atoms with Gasteiger partial charge in [0.05, 0.1) is 0 Å². The summed E-state index contributed by atoms with van der Waals surface area (Å²) in [6.45, 7) is 5.69. The molecule has 23 heavy (non-hydrogen) atoms. The number of benzene rings is 1. The Balaban J connectivity index is 2.25. The summed E-state index contributed by atoms with van der Waals surface area (Å²) >= 11 is 0. The normalized spacial score (nSPS) is 20.0. The number of amides is 2. The van der Waals surface area contributed by atoms with Crippen molar-refractivity contribution >= 4 is 12.0 Å². The predicted molar refractivity (Wildman–Crippen MR) is 86.5 cm³/mol. The largest absolute Gasteiger partial charge is 0.446 e. The highest BCUT2D eigenvalue weighted by Crippen LogP contribution is 2.32. The van der Waals surface area contributed by atoms with Crippen molar-refractivity contribution in [2.45, 2.75) is 25.8 Å². The highest BCUT2D eigenvalue weighted by Gasteiger charge is 2.42. The lowest BCUT2D eigenvalue weighted by atomic mass is 9.87. The minimum atomic E-state index is -0.613. The van der Waals surface area contributed by atoms with Gasteiger partial charge in [0.15, 0.2) is 0 Å². The first-order valence-electron chi connectivity index (χ1n) is 7.86. The molecule has 0 aliphatic carbocycles. The number of allylic oxidation sites excluding steroid dienone is 1. The summed E-state index contributed by atoms with van der Waals surface area (Å²) in [5.41, 5.74) is 0.867. The predicted octanol–water partition coefficient (Wildman–Crippen LogP) is 2.92. The lowest BCUT2D eigenvalue weighted by Crippen LogP contribution is -2.41. The lowest BCUT2D eigenvalue weighted by molar-refractivity contribution is -0.135. The van der Waals surface area contributed by atoms with Crippen LogP contribution in [0.1, 0.15) is 31.4 Å². The summed E-state index contributed by atoms with van der Waals surface area (Å²) in [4.78, 5) is 26.2. The van der Waals surface area contributed by atoms with Crippen LogP contribution in [-0.2, 0) is 9.53 Å². The van der Waals surface area contributed by atoms with Crippen molar-refractivity contribution in [1.82, 2.24) is 4.90 Å². The van der Waals surface area contributed by atoms with Gasteiger partial charge in [0, 0.05) is 12.5 Å². The topological polar surface area (TPSA) is 66.8 Å². The van der Waals surface area contributed by atoms with E-state index in [0.29, 0.717) is 12.8 Å². The molecule has 0 radical (unpaired) electrons. The maximum atomic E-state index is 12.9. The van der Waals surface area contributed by atoms with Crippen molar-refractivity contribution in [3.63, 3.8) is 0 Å². The Kier molecular flexibility index (Phi) is 5.93. The third-order valence-electron chi connectivity index (χ3n) is 4.28.